The zero-order valence-corrected chi connectivity index (χ0v) is 17.9. The number of nitrogens with one attached hydrogen (secondary N) is 1. The Hall–Kier alpha value is -2.18. The summed E-state index contributed by atoms with van der Waals surface area (Å²) in [5.41, 5.74) is 6.69. The molecule has 4 rings (SSSR count). The third-order valence-corrected chi connectivity index (χ3v) is 5.86. The first-order valence-electron chi connectivity index (χ1n) is 9.53. The Labute approximate surface area is 180 Å². The molecule has 1 N–H and O–H groups in total. The first-order valence-corrected chi connectivity index (χ1v) is 10.3. The number of para-hydroxylation sites is 1. The molecule has 2 aromatic carbocycles. The topological polar surface area (TPSA) is 48.5 Å². The van der Waals surface area contributed by atoms with E-state index < -0.39 is 0 Å². The van der Waals surface area contributed by atoms with Crippen LogP contribution in [0.3, 0.4) is 0 Å². The van der Waals surface area contributed by atoms with E-state index in [-0.39, 0.29) is 5.91 Å². The van der Waals surface area contributed by atoms with Gasteiger partial charge >= 0.3 is 0 Å². The molecule has 2 heterocycles. The fourth-order valence-electron chi connectivity index (χ4n) is 3.66. The summed E-state index contributed by atoms with van der Waals surface area (Å²) < 4.78 is 0. The molecule has 1 amide bonds. The summed E-state index contributed by atoms with van der Waals surface area (Å²) in [5, 5.41) is 3.87. The zero-order chi connectivity index (χ0) is 20.5. The number of pyridine rings is 1. The number of hydrogen-bond acceptors (Lipinski definition) is 4. The van der Waals surface area contributed by atoms with Gasteiger partial charge in [0.1, 0.15) is 0 Å². The molecule has 0 unspecified atom stereocenters. The van der Waals surface area contributed by atoms with Gasteiger partial charge in [0, 0.05) is 42.2 Å². The highest BCUT2D eigenvalue weighted by Gasteiger charge is 2.23. The number of rotatable bonds is 3. The summed E-state index contributed by atoms with van der Waals surface area (Å²) in [6, 6.07) is 13.0. The molecule has 5 nitrogen and oxygen atoms in total. The molecule has 1 fully saturated rings. The minimum absolute atomic E-state index is 0.128. The predicted octanol–water partition coefficient (Wildman–Crippen LogP) is 4.41. The van der Waals surface area contributed by atoms with Gasteiger partial charge in [0.25, 0.3) is 5.91 Å². The van der Waals surface area contributed by atoms with Crippen LogP contribution in [0.15, 0.2) is 42.5 Å². The smallest absolute Gasteiger partial charge is 0.266 e. The Morgan fingerprint density at radius 3 is 2.52 bits per heavy atom. The van der Waals surface area contributed by atoms with Crippen molar-refractivity contribution in [3.63, 3.8) is 0 Å². The maximum absolute atomic E-state index is 13.3. The molecule has 0 bridgehead atoms. The Balaban J connectivity index is 1.80. The van der Waals surface area contributed by atoms with E-state index in [1.165, 1.54) is 0 Å². The van der Waals surface area contributed by atoms with Gasteiger partial charge in [-0.05, 0) is 43.8 Å². The number of nitrogens with zero attached hydrogens (tertiary/aromatic N) is 3. The first kappa shape index (κ1) is 20.1. The van der Waals surface area contributed by atoms with Crippen LogP contribution in [0.1, 0.15) is 15.9 Å². The van der Waals surface area contributed by atoms with E-state index in [1.807, 2.05) is 42.3 Å². The van der Waals surface area contributed by atoms with Crippen LogP contribution in [0, 0.1) is 6.92 Å². The van der Waals surface area contributed by atoms with E-state index in [1.54, 1.807) is 12.1 Å². The third-order valence-electron chi connectivity index (χ3n) is 5.31. The Morgan fingerprint density at radius 2 is 1.79 bits per heavy atom. The molecule has 3 aromatic rings. The second-order valence-electron chi connectivity index (χ2n) is 7.33. The number of carbonyl (C=O) groups is 1. The lowest BCUT2D eigenvalue weighted by atomic mass is 9.97. The highest BCUT2D eigenvalue weighted by atomic mass is 35.5. The molecule has 0 saturated carbocycles. The summed E-state index contributed by atoms with van der Waals surface area (Å²) in [5.74, 6) is -0.128. The van der Waals surface area contributed by atoms with E-state index in [2.05, 4.69) is 17.4 Å². The van der Waals surface area contributed by atoms with Gasteiger partial charge < -0.3 is 4.90 Å². The van der Waals surface area contributed by atoms with E-state index in [9.17, 15) is 4.79 Å². The molecule has 0 atom stereocenters. The van der Waals surface area contributed by atoms with Crippen molar-refractivity contribution in [2.75, 3.05) is 33.2 Å². The average molecular weight is 429 g/mol. The van der Waals surface area contributed by atoms with Crippen molar-refractivity contribution in [3.8, 4) is 11.3 Å². The first-order chi connectivity index (χ1) is 13.9. The number of piperazine rings is 1. The molecule has 7 heteroatoms. The molecule has 150 valence electrons. The number of benzene rings is 2. The number of carbonyl (C=O) groups excluding carboxylic acids is 1. The van der Waals surface area contributed by atoms with E-state index >= 15 is 0 Å². The number of hydrogen-bond donors (Lipinski definition) is 1. The number of hydrazine groups is 1. The maximum Gasteiger partial charge on any atom is 0.266 e. The van der Waals surface area contributed by atoms with Crippen LogP contribution in [0.4, 0.5) is 0 Å². The molecule has 0 aliphatic carbocycles. The molecule has 1 aromatic heterocycles. The van der Waals surface area contributed by atoms with Crippen molar-refractivity contribution in [3.05, 3.63) is 63.6 Å². The van der Waals surface area contributed by atoms with Crippen molar-refractivity contribution in [2.45, 2.75) is 6.92 Å². The van der Waals surface area contributed by atoms with Gasteiger partial charge in [0.2, 0.25) is 0 Å². The van der Waals surface area contributed by atoms with Crippen molar-refractivity contribution in [1.29, 1.82) is 0 Å². The van der Waals surface area contributed by atoms with Crippen LogP contribution in [-0.4, -0.2) is 54.0 Å². The lowest BCUT2D eigenvalue weighted by Crippen LogP contribution is -2.52. The normalized spacial score (nSPS) is 15.6. The Bertz CT molecular complexity index is 1080. The van der Waals surface area contributed by atoms with Crippen molar-refractivity contribution in [2.24, 2.45) is 0 Å². The summed E-state index contributed by atoms with van der Waals surface area (Å²) >= 11 is 12.5. The summed E-state index contributed by atoms with van der Waals surface area (Å²) in [4.78, 5) is 20.4. The SMILES string of the molecule is Cc1c(-c2ccc(Cl)cc2Cl)nc2ccccc2c1C(=O)NN1CCN(C)CC1. The summed E-state index contributed by atoms with van der Waals surface area (Å²) in [7, 11) is 2.09. The molecule has 0 spiro atoms. The quantitative estimate of drug-likeness (QED) is 0.670. The van der Waals surface area contributed by atoms with Gasteiger partial charge in [-0.25, -0.2) is 9.99 Å². The highest BCUT2D eigenvalue weighted by Crippen LogP contribution is 2.34. The van der Waals surface area contributed by atoms with Crippen molar-refractivity contribution < 1.29 is 4.79 Å². The summed E-state index contributed by atoms with van der Waals surface area (Å²) in [6.45, 7) is 5.34. The predicted molar refractivity (Wildman–Crippen MR) is 118 cm³/mol. The number of fused-ring (bicyclic) bond motifs is 1. The molecular formula is C22H22Cl2N4O. The molecule has 1 aliphatic rings. The van der Waals surface area contributed by atoms with E-state index in [0.29, 0.717) is 21.3 Å². The van der Waals surface area contributed by atoms with Gasteiger partial charge in [-0.2, -0.15) is 0 Å². The zero-order valence-electron chi connectivity index (χ0n) is 16.4. The lowest BCUT2D eigenvalue weighted by molar-refractivity contribution is 0.0663. The van der Waals surface area contributed by atoms with Gasteiger partial charge in [0.05, 0.1) is 21.8 Å². The van der Waals surface area contributed by atoms with E-state index in [0.717, 1.165) is 48.2 Å². The fraction of sp³-hybridized carbons (Fsp3) is 0.273. The number of likely N-dealkylation sites (N-methyl/N-ethyl adjacent to an activating group) is 1. The third kappa shape index (κ3) is 4.09. The molecule has 29 heavy (non-hydrogen) atoms. The van der Waals surface area contributed by atoms with Crippen molar-refractivity contribution in [1.82, 2.24) is 20.3 Å². The lowest BCUT2D eigenvalue weighted by Gasteiger charge is -2.32. The number of aromatic nitrogens is 1. The van der Waals surface area contributed by atoms with E-state index in [4.69, 9.17) is 28.2 Å². The van der Waals surface area contributed by atoms with Gasteiger partial charge in [-0.15, -0.1) is 0 Å². The summed E-state index contributed by atoms with van der Waals surface area (Å²) in [6.07, 6.45) is 0. The van der Waals surface area contributed by atoms with Gasteiger partial charge in [-0.3, -0.25) is 10.2 Å². The Morgan fingerprint density at radius 1 is 1.07 bits per heavy atom. The van der Waals surface area contributed by atoms with Gasteiger partial charge in [-0.1, -0.05) is 41.4 Å². The Kier molecular flexibility index (Phi) is 5.74. The second-order valence-corrected chi connectivity index (χ2v) is 8.18. The fourth-order valence-corrected chi connectivity index (χ4v) is 4.16. The number of halogens is 2. The van der Waals surface area contributed by atoms with Crippen LogP contribution in [0.2, 0.25) is 10.0 Å². The molecular weight excluding hydrogens is 407 g/mol. The van der Waals surface area contributed by atoms with Crippen LogP contribution in [0.5, 0.6) is 0 Å². The number of amides is 1. The monoisotopic (exact) mass is 428 g/mol. The molecule has 0 radical (unpaired) electrons. The highest BCUT2D eigenvalue weighted by molar-refractivity contribution is 6.36. The minimum Gasteiger partial charge on any atom is -0.304 e. The maximum atomic E-state index is 13.3. The van der Waals surface area contributed by atoms with Gasteiger partial charge in [0.15, 0.2) is 0 Å². The van der Waals surface area contributed by atoms with Crippen LogP contribution < -0.4 is 5.43 Å². The average Bonchev–Trinajstić information content (AvgIpc) is 2.69. The standard InChI is InChI=1S/C22H22Cl2N4O/c1-14-20(22(29)26-28-11-9-27(2)10-12-28)17-5-3-4-6-19(17)25-21(14)16-8-7-15(23)13-18(16)24/h3-8,13H,9-12H2,1-2H3,(H,26,29). The molecule has 1 saturated heterocycles. The van der Waals surface area contributed by atoms with Crippen LogP contribution in [-0.2, 0) is 0 Å². The molecule has 1 aliphatic heterocycles. The van der Waals surface area contributed by atoms with Crippen LogP contribution in [0.25, 0.3) is 22.2 Å². The van der Waals surface area contributed by atoms with Crippen molar-refractivity contribution >= 4 is 40.0 Å². The van der Waals surface area contributed by atoms with Crippen LogP contribution >= 0.6 is 23.2 Å². The second kappa shape index (κ2) is 8.28. The minimum atomic E-state index is -0.128. The largest absolute Gasteiger partial charge is 0.304 e.